The predicted molar refractivity (Wildman–Crippen MR) is 119 cm³/mol. The van der Waals surface area contributed by atoms with E-state index in [0.29, 0.717) is 0 Å². The molecule has 2 heterocycles. The first-order chi connectivity index (χ1) is 12.3. The molecule has 1 aromatic carbocycles. The van der Waals surface area contributed by atoms with Crippen molar-refractivity contribution in [2.24, 2.45) is 4.99 Å². The van der Waals surface area contributed by atoms with Gasteiger partial charge in [-0.1, -0.05) is 11.6 Å². The minimum atomic E-state index is 0. The van der Waals surface area contributed by atoms with Crippen LogP contribution < -0.4 is 5.32 Å². The van der Waals surface area contributed by atoms with Gasteiger partial charge in [0.2, 0.25) is 0 Å². The molecule has 2 fully saturated rings. The first-order valence-electron chi connectivity index (χ1n) is 8.83. The lowest BCUT2D eigenvalue weighted by molar-refractivity contribution is -0.0816. The van der Waals surface area contributed by atoms with Gasteiger partial charge in [-0.25, -0.2) is 0 Å². The lowest BCUT2D eigenvalue weighted by Gasteiger charge is -2.37. The van der Waals surface area contributed by atoms with Crippen LogP contribution in [0.3, 0.4) is 0 Å². The van der Waals surface area contributed by atoms with E-state index in [1.54, 1.807) is 0 Å². The maximum absolute atomic E-state index is 5.92. The van der Waals surface area contributed by atoms with Gasteiger partial charge in [-0.3, -0.25) is 4.99 Å². The molecule has 146 valence electrons. The minimum Gasteiger partial charge on any atom is -0.375 e. The predicted octanol–water partition coefficient (Wildman–Crippen LogP) is 3.51. The highest BCUT2D eigenvalue weighted by Gasteiger charge is 2.32. The molecule has 26 heavy (non-hydrogen) atoms. The molecule has 1 N–H and O–H groups in total. The maximum atomic E-state index is 5.92. The Labute approximate surface area is 182 Å². The second kappa shape index (κ2) is 11.6. The van der Waals surface area contributed by atoms with E-state index in [1.165, 1.54) is 4.90 Å². The average Bonchev–Trinajstić information content (AvgIpc) is 3.18. The maximum Gasteiger partial charge on any atom is 0.193 e. The number of nitrogens with zero attached hydrogens (tertiary/aromatic N) is 2. The summed E-state index contributed by atoms with van der Waals surface area (Å²) in [5.74, 6) is 1.92. The summed E-state index contributed by atoms with van der Waals surface area (Å²) in [5, 5.41) is 4.24. The summed E-state index contributed by atoms with van der Waals surface area (Å²) < 4.78 is 11.7. The molecule has 1 aromatic rings. The molecule has 0 spiro atoms. The molecule has 3 rings (SSSR count). The van der Waals surface area contributed by atoms with Crippen LogP contribution in [0.15, 0.2) is 34.2 Å². The largest absolute Gasteiger partial charge is 0.375 e. The monoisotopic (exact) mass is 511 g/mol. The second-order valence-corrected chi connectivity index (χ2v) is 7.79. The summed E-state index contributed by atoms with van der Waals surface area (Å²) in [5.41, 5.74) is 0. The van der Waals surface area contributed by atoms with E-state index in [9.17, 15) is 0 Å². The van der Waals surface area contributed by atoms with E-state index >= 15 is 0 Å². The Balaban J connectivity index is 0.00000243. The van der Waals surface area contributed by atoms with Gasteiger partial charge >= 0.3 is 0 Å². The lowest BCUT2D eigenvalue weighted by atomic mass is 10.1. The minimum absolute atomic E-state index is 0. The van der Waals surface area contributed by atoms with Crippen LogP contribution in [-0.2, 0) is 9.47 Å². The van der Waals surface area contributed by atoms with E-state index in [4.69, 9.17) is 21.1 Å². The van der Waals surface area contributed by atoms with Crippen molar-refractivity contribution in [3.8, 4) is 0 Å². The first kappa shape index (κ1) is 22.1. The molecule has 0 aliphatic carbocycles. The second-order valence-electron chi connectivity index (χ2n) is 6.18. The number of rotatable bonds is 5. The first-order valence-corrected chi connectivity index (χ1v) is 10.2. The van der Waals surface area contributed by atoms with Crippen LogP contribution in [0.1, 0.15) is 12.8 Å². The summed E-state index contributed by atoms with van der Waals surface area (Å²) in [7, 11) is 1.84. The Morgan fingerprint density at radius 1 is 1.27 bits per heavy atom. The topological polar surface area (TPSA) is 46.1 Å². The van der Waals surface area contributed by atoms with Crippen LogP contribution in [0.5, 0.6) is 0 Å². The zero-order valence-electron chi connectivity index (χ0n) is 15.0. The van der Waals surface area contributed by atoms with Gasteiger partial charge < -0.3 is 19.7 Å². The molecule has 0 bridgehead atoms. The van der Waals surface area contributed by atoms with Crippen LogP contribution in [0.2, 0.25) is 5.02 Å². The van der Waals surface area contributed by atoms with E-state index in [1.807, 2.05) is 30.9 Å². The van der Waals surface area contributed by atoms with Gasteiger partial charge in [0.1, 0.15) is 6.10 Å². The van der Waals surface area contributed by atoms with E-state index < -0.39 is 0 Å². The molecular formula is C18H27ClIN3O2S. The lowest BCUT2D eigenvalue weighted by Crippen LogP contribution is -2.53. The number of benzene rings is 1. The highest BCUT2D eigenvalue weighted by atomic mass is 127. The molecule has 0 saturated carbocycles. The van der Waals surface area contributed by atoms with Crippen molar-refractivity contribution in [2.45, 2.75) is 29.9 Å². The number of hydrogen-bond acceptors (Lipinski definition) is 4. The summed E-state index contributed by atoms with van der Waals surface area (Å²) in [6.45, 7) is 4.16. The molecule has 0 radical (unpaired) electrons. The van der Waals surface area contributed by atoms with Crippen molar-refractivity contribution in [2.75, 3.05) is 45.6 Å². The number of hydrogen-bond donors (Lipinski definition) is 1. The van der Waals surface area contributed by atoms with Crippen molar-refractivity contribution in [3.05, 3.63) is 29.3 Å². The third-order valence-corrected chi connectivity index (χ3v) is 5.72. The molecule has 2 aliphatic heterocycles. The summed E-state index contributed by atoms with van der Waals surface area (Å²) in [6.07, 6.45) is 2.63. The summed E-state index contributed by atoms with van der Waals surface area (Å²) in [4.78, 5) is 7.95. The fourth-order valence-corrected chi connectivity index (χ4v) is 4.08. The van der Waals surface area contributed by atoms with Crippen LogP contribution >= 0.6 is 47.3 Å². The summed E-state index contributed by atoms with van der Waals surface area (Å²) in [6, 6.07) is 7.95. The molecule has 2 unspecified atom stereocenters. The van der Waals surface area contributed by atoms with Gasteiger partial charge in [-0.05, 0) is 37.1 Å². The molecule has 2 saturated heterocycles. The van der Waals surface area contributed by atoms with Crippen molar-refractivity contribution in [1.82, 2.24) is 10.2 Å². The zero-order valence-corrected chi connectivity index (χ0v) is 18.9. The van der Waals surface area contributed by atoms with Crippen molar-refractivity contribution in [3.63, 3.8) is 0 Å². The SMILES string of the molecule is CN=C(NCCSc1ccc(Cl)cc1)N1CCOC(C2CCCO2)C1.I. The van der Waals surface area contributed by atoms with Crippen LogP contribution in [0, 0.1) is 0 Å². The van der Waals surface area contributed by atoms with Gasteiger partial charge in [0.05, 0.1) is 12.7 Å². The molecule has 0 aromatic heterocycles. The van der Waals surface area contributed by atoms with Crippen molar-refractivity contribution in [1.29, 1.82) is 0 Å². The van der Waals surface area contributed by atoms with Crippen LogP contribution in [0.4, 0.5) is 0 Å². The normalized spacial score (nSPS) is 23.6. The van der Waals surface area contributed by atoms with Crippen LogP contribution in [-0.4, -0.2) is 68.7 Å². The van der Waals surface area contributed by atoms with E-state index in [2.05, 4.69) is 27.3 Å². The van der Waals surface area contributed by atoms with Gasteiger partial charge in [0.15, 0.2) is 5.96 Å². The Kier molecular flexibility index (Phi) is 9.83. The number of halogens is 2. The Morgan fingerprint density at radius 2 is 2.04 bits per heavy atom. The highest BCUT2D eigenvalue weighted by Crippen LogP contribution is 2.21. The third-order valence-electron chi connectivity index (χ3n) is 4.45. The van der Waals surface area contributed by atoms with Crippen molar-refractivity contribution < 1.29 is 9.47 Å². The fourth-order valence-electron chi connectivity index (χ4n) is 3.18. The van der Waals surface area contributed by atoms with Crippen molar-refractivity contribution >= 4 is 53.3 Å². The Morgan fingerprint density at radius 3 is 2.73 bits per heavy atom. The van der Waals surface area contributed by atoms with Gasteiger partial charge in [0, 0.05) is 49.0 Å². The Hall–Kier alpha value is -0.220. The van der Waals surface area contributed by atoms with Gasteiger partial charge in [-0.2, -0.15) is 0 Å². The average molecular weight is 512 g/mol. The van der Waals surface area contributed by atoms with E-state index in [0.717, 1.165) is 62.4 Å². The fraction of sp³-hybridized carbons (Fsp3) is 0.611. The summed E-state index contributed by atoms with van der Waals surface area (Å²) >= 11 is 7.73. The standard InChI is InChI=1S/C18H26ClN3O2S.HI/c1-20-18(21-8-12-25-15-6-4-14(19)5-7-15)22-9-11-24-17(13-22)16-3-2-10-23-16;/h4-7,16-17H,2-3,8-13H2,1H3,(H,20,21);1H. The third kappa shape index (κ3) is 6.44. The van der Waals surface area contributed by atoms with Gasteiger partial charge in [0.25, 0.3) is 0 Å². The molecule has 2 aliphatic rings. The number of ether oxygens (including phenoxy) is 2. The quantitative estimate of drug-likeness (QED) is 0.216. The molecule has 2 atom stereocenters. The highest BCUT2D eigenvalue weighted by molar-refractivity contribution is 14.0. The van der Waals surface area contributed by atoms with E-state index in [-0.39, 0.29) is 36.2 Å². The zero-order chi connectivity index (χ0) is 17.5. The smallest absolute Gasteiger partial charge is 0.193 e. The molecular weight excluding hydrogens is 485 g/mol. The van der Waals surface area contributed by atoms with Gasteiger partial charge in [-0.15, -0.1) is 35.7 Å². The molecule has 8 heteroatoms. The Bertz CT molecular complexity index is 570. The number of aliphatic imine (C=N–C) groups is 1. The number of guanidine groups is 1. The number of nitrogens with one attached hydrogen (secondary N) is 1. The van der Waals surface area contributed by atoms with Crippen LogP contribution in [0.25, 0.3) is 0 Å². The molecule has 0 amide bonds. The molecule has 5 nitrogen and oxygen atoms in total. The number of thioether (sulfide) groups is 1. The number of morpholine rings is 1.